The van der Waals surface area contributed by atoms with Crippen molar-refractivity contribution >= 4 is 17.4 Å². The molecule has 2 aromatic rings. The first-order chi connectivity index (χ1) is 10.1. The van der Waals surface area contributed by atoms with Crippen LogP contribution in [0.15, 0.2) is 36.5 Å². The van der Waals surface area contributed by atoms with Crippen LogP contribution in [0.25, 0.3) is 0 Å². The quantitative estimate of drug-likeness (QED) is 0.888. The molecule has 2 N–H and O–H groups in total. The van der Waals surface area contributed by atoms with Crippen LogP contribution in [0.1, 0.15) is 17.3 Å². The summed E-state index contributed by atoms with van der Waals surface area (Å²) in [5, 5.41) is 5.47. The number of anilines is 2. The molecule has 6 heteroatoms. The molecule has 0 aliphatic heterocycles. The summed E-state index contributed by atoms with van der Waals surface area (Å²) in [6, 6.07) is 7.61. The van der Waals surface area contributed by atoms with Gasteiger partial charge in [0.15, 0.2) is 11.6 Å². The number of aromatic nitrogens is 1. The van der Waals surface area contributed by atoms with Gasteiger partial charge in [-0.2, -0.15) is 0 Å². The van der Waals surface area contributed by atoms with Crippen LogP contribution in [-0.2, 0) is 0 Å². The Bertz CT molecular complexity index is 629. The van der Waals surface area contributed by atoms with Crippen LogP contribution < -0.4 is 15.4 Å². The molecule has 0 unspecified atom stereocenters. The predicted octanol–water partition coefficient (Wildman–Crippen LogP) is 2.91. The number of benzene rings is 1. The third-order valence-corrected chi connectivity index (χ3v) is 2.77. The highest BCUT2D eigenvalue weighted by atomic mass is 19.1. The van der Waals surface area contributed by atoms with Gasteiger partial charge in [0, 0.05) is 25.0 Å². The SMILES string of the molecule is CCOc1ccc(NC(=O)c2ccc(NC)nc2)cc1F. The molecule has 1 aromatic carbocycles. The molecule has 0 saturated heterocycles. The second-order valence-corrected chi connectivity index (χ2v) is 4.21. The van der Waals surface area contributed by atoms with Crippen molar-refractivity contribution in [3.05, 3.63) is 47.9 Å². The summed E-state index contributed by atoms with van der Waals surface area (Å²) < 4.78 is 18.8. The van der Waals surface area contributed by atoms with Crippen LogP contribution in [0, 0.1) is 5.82 Å². The van der Waals surface area contributed by atoms with Crippen LogP contribution in [0.5, 0.6) is 5.75 Å². The number of ether oxygens (including phenoxy) is 1. The highest BCUT2D eigenvalue weighted by Crippen LogP contribution is 2.21. The number of hydrogen-bond donors (Lipinski definition) is 2. The minimum atomic E-state index is -0.515. The van der Waals surface area contributed by atoms with E-state index in [9.17, 15) is 9.18 Å². The van der Waals surface area contributed by atoms with E-state index in [2.05, 4.69) is 15.6 Å². The molecule has 5 nitrogen and oxygen atoms in total. The van der Waals surface area contributed by atoms with Crippen molar-refractivity contribution in [2.24, 2.45) is 0 Å². The molecule has 110 valence electrons. The van der Waals surface area contributed by atoms with Gasteiger partial charge in [-0.3, -0.25) is 4.79 Å². The Kier molecular flexibility index (Phi) is 4.71. The van der Waals surface area contributed by atoms with Gasteiger partial charge in [0.2, 0.25) is 0 Å². The van der Waals surface area contributed by atoms with Crippen molar-refractivity contribution in [3.63, 3.8) is 0 Å². The first-order valence-corrected chi connectivity index (χ1v) is 6.51. The molecule has 0 fully saturated rings. The molecule has 21 heavy (non-hydrogen) atoms. The average molecular weight is 289 g/mol. The van der Waals surface area contributed by atoms with E-state index >= 15 is 0 Å². The van der Waals surface area contributed by atoms with E-state index in [1.165, 1.54) is 18.3 Å². The number of hydrogen-bond acceptors (Lipinski definition) is 4. The van der Waals surface area contributed by atoms with Crippen molar-refractivity contribution < 1.29 is 13.9 Å². The van der Waals surface area contributed by atoms with Crippen LogP contribution in [0.3, 0.4) is 0 Å². The van der Waals surface area contributed by atoms with Crippen LogP contribution in [0.4, 0.5) is 15.9 Å². The highest BCUT2D eigenvalue weighted by molar-refractivity contribution is 6.04. The van der Waals surface area contributed by atoms with Crippen LogP contribution >= 0.6 is 0 Å². The molecule has 0 aliphatic rings. The monoisotopic (exact) mass is 289 g/mol. The topological polar surface area (TPSA) is 63.2 Å². The zero-order valence-corrected chi connectivity index (χ0v) is 11.8. The molecule has 0 bridgehead atoms. The first kappa shape index (κ1) is 14.8. The van der Waals surface area contributed by atoms with Gasteiger partial charge in [0.1, 0.15) is 5.82 Å². The van der Waals surface area contributed by atoms with Crippen molar-refractivity contribution in [3.8, 4) is 5.75 Å². The molecular formula is C15H16FN3O2. The molecular weight excluding hydrogens is 273 g/mol. The number of rotatable bonds is 5. The fraction of sp³-hybridized carbons (Fsp3) is 0.200. The fourth-order valence-electron chi connectivity index (χ4n) is 1.73. The number of carbonyl (C=O) groups excluding carboxylic acids is 1. The maximum atomic E-state index is 13.7. The Labute approximate surface area is 122 Å². The number of carbonyl (C=O) groups is 1. The Balaban J connectivity index is 2.09. The maximum Gasteiger partial charge on any atom is 0.257 e. The van der Waals surface area contributed by atoms with Gasteiger partial charge >= 0.3 is 0 Å². The Hall–Kier alpha value is -2.63. The zero-order chi connectivity index (χ0) is 15.2. The lowest BCUT2D eigenvalue weighted by atomic mass is 10.2. The molecule has 0 spiro atoms. The van der Waals surface area contributed by atoms with Gasteiger partial charge in [-0.1, -0.05) is 0 Å². The van der Waals surface area contributed by atoms with E-state index < -0.39 is 5.82 Å². The summed E-state index contributed by atoms with van der Waals surface area (Å²) >= 11 is 0. The van der Waals surface area contributed by atoms with Gasteiger partial charge in [-0.25, -0.2) is 9.37 Å². The summed E-state index contributed by atoms with van der Waals surface area (Å²) in [6.45, 7) is 2.16. The van der Waals surface area contributed by atoms with E-state index in [4.69, 9.17) is 4.74 Å². The Morgan fingerprint density at radius 1 is 1.33 bits per heavy atom. The summed E-state index contributed by atoms with van der Waals surface area (Å²) in [5.74, 6) is -0.0405. The first-order valence-electron chi connectivity index (χ1n) is 6.51. The standard InChI is InChI=1S/C15H16FN3O2/c1-3-21-13-6-5-11(8-12(13)16)19-15(20)10-4-7-14(17-2)18-9-10/h4-9H,3H2,1-2H3,(H,17,18)(H,19,20). The van der Waals surface area contributed by atoms with Gasteiger partial charge in [0.25, 0.3) is 5.91 Å². The lowest BCUT2D eigenvalue weighted by Crippen LogP contribution is -2.12. The zero-order valence-electron chi connectivity index (χ0n) is 11.8. The van der Waals surface area contributed by atoms with Gasteiger partial charge < -0.3 is 15.4 Å². The maximum absolute atomic E-state index is 13.7. The molecule has 1 aromatic heterocycles. The second-order valence-electron chi connectivity index (χ2n) is 4.21. The van der Waals surface area contributed by atoms with Gasteiger partial charge in [-0.15, -0.1) is 0 Å². The number of nitrogens with zero attached hydrogens (tertiary/aromatic N) is 1. The van der Waals surface area contributed by atoms with E-state index in [0.717, 1.165) is 0 Å². The van der Waals surface area contributed by atoms with E-state index in [0.29, 0.717) is 23.7 Å². The minimum Gasteiger partial charge on any atom is -0.491 e. The fourth-order valence-corrected chi connectivity index (χ4v) is 1.73. The number of nitrogens with one attached hydrogen (secondary N) is 2. The lowest BCUT2D eigenvalue weighted by molar-refractivity contribution is 0.102. The third kappa shape index (κ3) is 3.68. The van der Waals surface area contributed by atoms with E-state index in [-0.39, 0.29) is 11.7 Å². The molecule has 0 saturated carbocycles. The van der Waals surface area contributed by atoms with Crippen LogP contribution in [0.2, 0.25) is 0 Å². The smallest absolute Gasteiger partial charge is 0.257 e. The Morgan fingerprint density at radius 2 is 2.14 bits per heavy atom. The Morgan fingerprint density at radius 3 is 2.71 bits per heavy atom. The van der Waals surface area contributed by atoms with Crippen molar-refractivity contribution in [2.45, 2.75) is 6.92 Å². The summed E-state index contributed by atoms with van der Waals surface area (Å²) in [7, 11) is 1.74. The predicted molar refractivity (Wildman–Crippen MR) is 79.3 cm³/mol. The highest BCUT2D eigenvalue weighted by Gasteiger charge is 2.09. The van der Waals surface area contributed by atoms with E-state index in [1.54, 1.807) is 32.2 Å². The van der Waals surface area contributed by atoms with Crippen molar-refractivity contribution in [1.82, 2.24) is 4.98 Å². The molecule has 0 aliphatic carbocycles. The summed E-state index contributed by atoms with van der Waals surface area (Å²) in [6.07, 6.45) is 1.45. The van der Waals surface area contributed by atoms with E-state index in [1.807, 2.05) is 0 Å². The normalized spacial score (nSPS) is 10.0. The third-order valence-electron chi connectivity index (χ3n) is 2.77. The second kappa shape index (κ2) is 6.69. The average Bonchev–Trinajstić information content (AvgIpc) is 2.50. The largest absolute Gasteiger partial charge is 0.491 e. The van der Waals surface area contributed by atoms with Crippen molar-refractivity contribution in [2.75, 3.05) is 24.3 Å². The van der Waals surface area contributed by atoms with Gasteiger partial charge in [0.05, 0.1) is 12.2 Å². The van der Waals surface area contributed by atoms with Crippen molar-refractivity contribution in [1.29, 1.82) is 0 Å². The number of halogens is 1. The number of pyridine rings is 1. The number of amides is 1. The summed E-state index contributed by atoms with van der Waals surface area (Å²) in [4.78, 5) is 16.1. The molecule has 0 radical (unpaired) electrons. The molecule has 0 atom stereocenters. The molecule has 1 amide bonds. The lowest BCUT2D eigenvalue weighted by Gasteiger charge is -2.08. The molecule has 1 heterocycles. The molecule has 2 rings (SSSR count). The van der Waals surface area contributed by atoms with Gasteiger partial charge in [-0.05, 0) is 31.2 Å². The minimum absolute atomic E-state index is 0.163. The summed E-state index contributed by atoms with van der Waals surface area (Å²) in [5.41, 5.74) is 0.752. The van der Waals surface area contributed by atoms with Crippen LogP contribution in [-0.4, -0.2) is 24.5 Å².